The van der Waals surface area contributed by atoms with Crippen molar-refractivity contribution in [2.24, 2.45) is 0 Å². The maximum atomic E-state index is 13.4. The van der Waals surface area contributed by atoms with Gasteiger partial charge < -0.3 is 4.74 Å². The fraction of sp³-hybridized carbons (Fsp3) is 0.0417. The summed E-state index contributed by atoms with van der Waals surface area (Å²) in [4.78, 5) is 31.1. The summed E-state index contributed by atoms with van der Waals surface area (Å²) in [6.45, 7) is 3.70. The quantitative estimate of drug-likeness (QED) is 0.380. The van der Waals surface area contributed by atoms with E-state index in [4.69, 9.17) is 22.2 Å². The van der Waals surface area contributed by atoms with E-state index in [1.165, 1.54) is 35.4 Å². The minimum Gasteiger partial charge on any atom is -0.410 e. The molecule has 1 aliphatic heterocycles. The van der Waals surface area contributed by atoms with Crippen LogP contribution in [-0.4, -0.2) is 22.1 Å². The zero-order valence-corrected chi connectivity index (χ0v) is 18.9. The Morgan fingerprint density at radius 3 is 2.39 bits per heavy atom. The van der Waals surface area contributed by atoms with Crippen molar-refractivity contribution in [1.82, 2.24) is 4.98 Å². The van der Waals surface area contributed by atoms with Crippen LogP contribution in [0.2, 0.25) is 0 Å². The molecule has 1 saturated heterocycles. The van der Waals surface area contributed by atoms with Crippen LogP contribution >= 0.6 is 12.2 Å². The van der Waals surface area contributed by atoms with Crippen molar-refractivity contribution in [3.05, 3.63) is 90.3 Å². The molecule has 2 aromatic carbocycles. The second kappa shape index (κ2) is 9.47. The van der Waals surface area contributed by atoms with Gasteiger partial charge in [-0.2, -0.15) is 18.4 Å². The Balaban J connectivity index is 1.54. The van der Waals surface area contributed by atoms with Gasteiger partial charge in [-0.1, -0.05) is 24.8 Å². The third-order valence-electron chi connectivity index (χ3n) is 4.98. The molecule has 0 bridgehead atoms. The van der Waals surface area contributed by atoms with Gasteiger partial charge in [0.1, 0.15) is 17.3 Å². The zero-order valence-electron chi connectivity index (χ0n) is 18.1. The summed E-state index contributed by atoms with van der Waals surface area (Å²) in [5.41, 5.74) is -1.79. The van der Waals surface area contributed by atoms with Crippen LogP contribution in [0.3, 0.4) is 0 Å². The smallest absolute Gasteiger partial charge is 0.410 e. The van der Waals surface area contributed by atoms with Crippen molar-refractivity contribution in [3.8, 4) is 11.8 Å². The largest absolute Gasteiger partial charge is 0.418 e. The maximum absolute atomic E-state index is 13.4. The first-order valence-corrected chi connectivity index (χ1v) is 10.5. The predicted octanol–water partition coefficient (Wildman–Crippen LogP) is 5.23. The first kappa shape index (κ1) is 24.4. The highest BCUT2D eigenvalue weighted by molar-refractivity contribution is 7.81. The zero-order chi connectivity index (χ0) is 26.0. The lowest BCUT2D eigenvalue weighted by molar-refractivity contribution is -0.137. The number of amides is 2. The molecule has 0 saturated carbocycles. The number of nitrogens with one attached hydrogen (secondary N) is 1. The van der Waals surface area contributed by atoms with E-state index < -0.39 is 29.3 Å². The molecule has 4 rings (SSSR count). The number of nitriles is 1. The van der Waals surface area contributed by atoms with Gasteiger partial charge in [-0.05, 0) is 54.7 Å². The average molecular weight is 509 g/mol. The number of pyridine rings is 1. The number of hydrogen-bond donors (Lipinski definition) is 1. The number of carbonyl (C=O) groups is 2. The predicted molar refractivity (Wildman–Crippen MR) is 128 cm³/mol. The molecule has 0 spiro atoms. The molecule has 36 heavy (non-hydrogen) atoms. The topological polar surface area (TPSA) is 98.6 Å². The number of anilines is 3. The van der Waals surface area contributed by atoms with Crippen LogP contribution in [0.25, 0.3) is 0 Å². The van der Waals surface area contributed by atoms with Gasteiger partial charge in [-0.3, -0.25) is 19.9 Å². The van der Waals surface area contributed by atoms with Gasteiger partial charge in [-0.15, -0.1) is 0 Å². The fourth-order valence-electron chi connectivity index (χ4n) is 3.34. The lowest BCUT2D eigenvalue weighted by atomic mass is 10.1. The third-order valence-corrected chi connectivity index (χ3v) is 5.34. The van der Waals surface area contributed by atoms with Crippen LogP contribution in [0.1, 0.15) is 11.1 Å². The highest BCUT2D eigenvalue weighted by atomic mass is 32.1. The van der Waals surface area contributed by atoms with Crippen LogP contribution in [0, 0.1) is 11.3 Å². The maximum Gasteiger partial charge on any atom is 0.418 e. The normalized spacial score (nSPS) is 13.6. The molecule has 8 nitrogen and oxygen atoms in total. The van der Waals surface area contributed by atoms with Gasteiger partial charge in [-0.25, -0.2) is 9.78 Å². The molecule has 0 atom stereocenters. The molecule has 1 N–H and O–H groups in total. The van der Waals surface area contributed by atoms with Crippen molar-refractivity contribution >= 4 is 46.5 Å². The number of benzene rings is 2. The van der Waals surface area contributed by atoms with Crippen molar-refractivity contribution in [3.63, 3.8) is 0 Å². The molecule has 12 heteroatoms. The number of carbonyl (C=O) groups excluding carboxylic acids is 2. The van der Waals surface area contributed by atoms with Crippen LogP contribution in [0.5, 0.6) is 5.75 Å². The van der Waals surface area contributed by atoms with E-state index in [9.17, 15) is 22.8 Å². The van der Waals surface area contributed by atoms with Gasteiger partial charge in [0.2, 0.25) is 0 Å². The van der Waals surface area contributed by atoms with Gasteiger partial charge in [0.25, 0.3) is 5.91 Å². The summed E-state index contributed by atoms with van der Waals surface area (Å²) in [5.74, 6) is -0.271. The summed E-state index contributed by atoms with van der Waals surface area (Å²) in [7, 11) is 0. The van der Waals surface area contributed by atoms with Crippen LogP contribution < -0.4 is 19.9 Å². The van der Waals surface area contributed by atoms with Crippen molar-refractivity contribution in [2.45, 2.75) is 6.18 Å². The van der Waals surface area contributed by atoms with Crippen LogP contribution in [0.4, 0.5) is 35.2 Å². The van der Waals surface area contributed by atoms with Crippen molar-refractivity contribution in [1.29, 1.82) is 5.26 Å². The summed E-state index contributed by atoms with van der Waals surface area (Å²) >= 11 is 5.36. The standard InChI is InChI=1S/C24H14F3N5O3S/c1-14-21(33)32(16-8-7-15(12-28)19(11-16)24(25,26)27)23(36)31(14)17-9-10-20(29-13-17)30-22(34)35-18-5-3-2-4-6-18/h2-11,13H,1H2,(H,29,30,34). The lowest BCUT2D eigenvalue weighted by Crippen LogP contribution is -2.33. The summed E-state index contributed by atoms with van der Waals surface area (Å²) in [6.07, 6.45) is -4.28. The Morgan fingerprint density at radius 1 is 1.08 bits per heavy atom. The molecule has 0 radical (unpaired) electrons. The number of nitrogens with zero attached hydrogens (tertiary/aromatic N) is 4. The van der Waals surface area contributed by atoms with Crippen molar-refractivity contribution in [2.75, 3.05) is 15.1 Å². The molecule has 0 aliphatic carbocycles. The van der Waals surface area contributed by atoms with Gasteiger partial charge in [0.15, 0.2) is 5.11 Å². The van der Waals surface area contributed by atoms with E-state index in [-0.39, 0.29) is 28.0 Å². The number of para-hydroxylation sites is 1. The van der Waals surface area contributed by atoms with Gasteiger partial charge >= 0.3 is 12.3 Å². The van der Waals surface area contributed by atoms with E-state index in [1.807, 2.05) is 0 Å². The molecule has 0 unspecified atom stereocenters. The molecule has 2 amide bonds. The number of ether oxygens (including phenoxy) is 1. The van der Waals surface area contributed by atoms with Gasteiger partial charge in [0.05, 0.1) is 34.8 Å². The molecule has 1 aromatic heterocycles. The Kier molecular flexibility index (Phi) is 6.41. The molecular weight excluding hydrogens is 495 g/mol. The van der Waals surface area contributed by atoms with Crippen LogP contribution in [0.15, 0.2) is 79.1 Å². The summed E-state index contributed by atoms with van der Waals surface area (Å²) in [5, 5.41) is 11.3. The number of aromatic nitrogens is 1. The molecule has 1 fully saturated rings. The molecule has 2 heterocycles. The van der Waals surface area contributed by atoms with Gasteiger partial charge in [0, 0.05) is 0 Å². The Morgan fingerprint density at radius 2 is 1.78 bits per heavy atom. The molecular formula is C24H14F3N5O3S. The Bertz CT molecular complexity index is 1420. The third kappa shape index (κ3) is 4.73. The number of hydrogen-bond acceptors (Lipinski definition) is 6. The number of rotatable bonds is 4. The van der Waals surface area contributed by atoms with E-state index in [0.29, 0.717) is 11.8 Å². The van der Waals surface area contributed by atoms with E-state index in [2.05, 4.69) is 16.9 Å². The fourth-order valence-corrected chi connectivity index (χ4v) is 3.75. The van der Waals surface area contributed by atoms with E-state index >= 15 is 0 Å². The van der Waals surface area contributed by atoms with E-state index in [1.54, 1.807) is 30.3 Å². The second-order valence-electron chi connectivity index (χ2n) is 7.27. The highest BCUT2D eigenvalue weighted by Gasteiger charge is 2.41. The lowest BCUT2D eigenvalue weighted by Gasteiger charge is -2.21. The Labute approximate surface area is 207 Å². The van der Waals surface area contributed by atoms with Crippen molar-refractivity contribution < 1.29 is 27.5 Å². The SMILES string of the molecule is C=C1C(=O)N(c2ccc(C#N)c(C(F)(F)F)c2)C(=S)N1c1ccc(NC(=O)Oc2ccccc2)nc1. The number of halogens is 3. The minimum atomic E-state index is -4.81. The van der Waals surface area contributed by atoms with E-state index in [0.717, 1.165) is 11.0 Å². The van der Waals surface area contributed by atoms with Crippen LogP contribution in [-0.2, 0) is 11.0 Å². The first-order valence-electron chi connectivity index (χ1n) is 10.1. The average Bonchev–Trinajstić information content (AvgIpc) is 3.07. The minimum absolute atomic E-state index is 0.121. The monoisotopic (exact) mass is 509 g/mol. The number of thiocarbonyl (C=S) groups is 1. The summed E-state index contributed by atoms with van der Waals surface area (Å²) in [6, 6.07) is 15.6. The second-order valence-corrected chi connectivity index (χ2v) is 7.64. The number of alkyl halides is 3. The first-order chi connectivity index (χ1) is 17.1. The molecule has 180 valence electrons. The highest BCUT2D eigenvalue weighted by Crippen LogP contribution is 2.37. The Hall–Kier alpha value is -4.76. The molecule has 3 aromatic rings. The summed E-state index contributed by atoms with van der Waals surface area (Å²) < 4.78 is 45.3. The molecule has 1 aliphatic rings.